The van der Waals surface area contributed by atoms with E-state index in [0.29, 0.717) is 6.42 Å². The van der Waals surface area contributed by atoms with Gasteiger partial charge in [-0.2, -0.15) is 0 Å². The summed E-state index contributed by atoms with van der Waals surface area (Å²) in [4.78, 5) is 10.8. The monoisotopic (exact) mass is 238 g/mol. The Morgan fingerprint density at radius 2 is 1.53 bits per heavy atom. The molecule has 0 aliphatic heterocycles. The summed E-state index contributed by atoms with van der Waals surface area (Å²) in [6.45, 7) is 2.19. The molecular formula is C15H26O2. The molecule has 0 amide bonds. The lowest BCUT2D eigenvalue weighted by molar-refractivity contribution is -0.140. The van der Waals surface area contributed by atoms with Crippen LogP contribution in [0.5, 0.6) is 0 Å². The van der Waals surface area contributed by atoms with Crippen molar-refractivity contribution in [1.29, 1.82) is 0 Å². The number of hydrogen-bond acceptors (Lipinski definition) is 2. The Hall–Kier alpha value is -0.970. The maximum Gasteiger partial charge on any atom is 0.305 e. The molecule has 0 saturated heterocycles. The topological polar surface area (TPSA) is 26.3 Å². The fourth-order valence-corrected chi connectivity index (χ4v) is 1.56. The van der Waals surface area contributed by atoms with E-state index in [9.17, 15) is 4.79 Å². The molecule has 0 aliphatic rings. The van der Waals surface area contributed by atoms with Crippen LogP contribution in [0.4, 0.5) is 0 Å². The van der Waals surface area contributed by atoms with Gasteiger partial charge in [-0.05, 0) is 19.3 Å². The zero-order valence-electron chi connectivity index (χ0n) is 11.4. The van der Waals surface area contributed by atoms with Crippen LogP contribution in [0, 0.1) is 11.8 Å². The molecule has 0 aromatic heterocycles. The van der Waals surface area contributed by atoms with Crippen LogP contribution in [-0.4, -0.2) is 13.1 Å². The van der Waals surface area contributed by atoms with Gasteiger partial charge in [-0.15, -0.1) is 11.8 Å². The summed E-state index contributed by atoms with van der Waals surface area (Å²) in [5.74, 6) is 6.32. The van der Waals surface area contributed by atoms with Crippen molar-refractivity contribution in [3.63, 3.8) is 0 Å². The Bertz CT molecular complexity index is 235. The lowest BCUT2D eigenvalue weighted by Crippen LogP contribution is -1.99. The Kier molecular flexibility index (Phi) is 12.3. The van der Waals surface area contributed by atoms with Crippen LogP contribution >= 0.6 is 0 Å². The summed E-state index contributed by atoms with van der Waals surface area (Å²) >= 11 is 0. The first-order valence-electron chi connectivity index (χ1n) is 6.83. The van der Waals surface area contributed by atoms with Crippen LogP contribution in [0.3, 0.4) is 0 Å². The minimum absolute atomic E-state index is 0.0909. The lowest BCUT2D eigenvalue weighted by atomic mass is 10.1. The van der Waals surface area contributed by atoms with E-state index in [2.05, 4.69) is 23.5 Å². The van der Waals surface area contributed by atoms with Crippen molar-refractivity contribution in [2.45, 2.75) is 71.1 Å². The third kappa shape index (κ3) is 13.0. The molecule has 0 radical (unpaired) electrons. The Morgan fingerprint density at radius 1 is 0.941 bits per heavy atom. The second-order valence-corrected chi connectivity index (χ2v) is 4.30. The predicted molar refractivity (Wildman–Crippen MR) is 71.6 cm³/mol. The van der Waals surface area contributed by atoms with E-state index in [0.717, 1.165) is 25.7 Å². The third-order valence-corrected chi connectivity index (χ3v) is 2.69. The minimum atomic E-state index is -0.0909. The molecule has 0 fully saturated rings. The van der Waals surface area contributed by atoms with Crippen LogP contribution in [-0.2, 0) is 9.53 Å². The number of carbonyl (C=O) groups is 1. The fourth-order valence-electron chi connectivity index (χ4n) is 1.56. The summed E-state index contributed by atoms with van der Waals surface area (Å²) in [6, 6.07) is 0. The van der Waals surface area contributed by atoms with Gasteiger partial charge in [0.25, 0.3) is 0 Å². The van der Waals surface area contributed by atoms with Gasteiger partial charge >= 0.3 is 5.97 Å². The van der Waals surface area contributed by atoms with E-state index in [4.69, 9.17) is 0 Å². The van der Waals surface area contributed by atoms with Gasteiger partial charge in [0.1, 0.15) is 0 Å². The molecule has 0 N–H and O–H groups in total. The summed E-state index contributed by atoms with van der Waals surface area (Å²) in [5.41, 5.74) is 0. The largest absolute Gasteiger partial charge is 0.469 e. The van der Waals surface area contributed by atoms with Gasteiger partial charge in [0.15, 0.2) is 0 Å². The SMILES string of the molecule is CCCCC#CCCCCCCCC(=O)OC. The lowest BCUT2D eigenvalue weighted by Gasteiger charge is -1.99. The standard InChI is InChI=1S/C15H26O2/c1-3-4-5-6-7-8-9-10-11-12-13-14-15(16)17-2/h3-5,8-14H2,1-2H3. The summed E-state index contributed by atoms with van der Waals surface area (Å²) in [6.07, 6.45) is 10.8. The highest BCUT2D eigenvalue weighted by atomic mass is 16.5. The maximum atomic E-state index is 10.8. The summed E-state index contributed by atoms with van der Waals surface area (Å²) in [5, 5.41) is 0. The van der Waals surface area contributed by atoms with Gasteiger partial charge < -0.3 is 4.74 Å². The molecule has 17 heavy (non-hydrogen) atoms. The number of rotatable bonds is 9. The van der Waals surface area contributed by atoms with Crippen LogP contribution < -0.4 is 0 Å². The maximum absolute atomic E-state index is 10.8. The van der Waals surface area contributed by atoms with Crippen LogP contribution in [0.15, 0.2) is 0 Å². The zero-order chi connectivity index (χ0) is 12.8. The molecule has 2 nitrogen and oxygen atoms in total. The van der Waals surface area contributed by atoms with E-state index in [1.807, 2.05) is 0 Å². The van der Waals surface area contributed by atoms with Crippen molar-refractivity contribution < 1.29 is 9.53 Å². The van der Waals surface area contributed by atoms with Crippen LogP contribution in [0.1, 0.15) is 71.1 Å². The van der Waals surface area contributed by atoms with Gasteiger partial charge in [0.2, 0.25) is 0 Å². The first kappa shape index (κ1) is 16.0. The van der Waals surface area contributed by atoms with E-state index in [1.54, 1.807) is 0 Å². The molecule has 0 heterocycles. The molecule has 0 aliphatic carbocycles. The number of hydrogen-bond donors (Lipinski definition) is 0. The highest BCUT2D eigenvalue weighted by molar-refractivity contribution is 5.68. The normalized spacial score (nSPS) is 9.53. The highest BCUT2D eigenvalue weighted by Gasteiger charge is 1.98. The molecular weight excluding hydrogens is 212 g/mol. The average Bonchev–Trinajstić information content (AvgIpc) is 2.35. The molecule has 0 aromatic carbocycles. The predicted octanol–water partition coefficient (Wildman–Crippen LogP) is 4.08. The molecule has 0 rings (SSSR count). The molecule has 0 bridgehead atoms. The number of methoxy groups -OCH3 is 1. The fraction of sp³-hybridized carbons (Fsp3) is 0.800. The van der Waals surface area contributed by atoms with Gasteiger partial charge in [-0.3, -0.25) is 4.79 Å². The number of carbonyl (C=O) groups excluding carboxylic acids is 1. The number of esters is 1. The zero-order valence-corrected chi connectivity index (χ0v) is 11.4. The van der Waals surface area contributed by atoms with Gasteiger partial charge in [0.05, 0.1) is 7.11 Å². The van der Waals surface area contributed by atoms with Crippen molar-refractivity contribution in [3.05, 3.63) is 0 Å². The third-order valence-electron chi connectivity index (χ3n) is 2.69. The molecule has 0 unspecified atom stereocenters. The van der Waals surface area contributed by atoms with Gasteiger partial charge in [-0.1, -0.05) is 32.6 Å². The molecule has 0 saturated carbocycles. The van der Waals surface area contributed by atoms with E-state index in [-0.39, 0.29) is 5.97 Å². The van der Waals surface area contributed by atoms with Crippen molar-refractivity contribution in [3.8, 4) is 11.8 Å². The first-order valence-corrected chi connectivity index (χ1v) is 6.83. The van der Waals surface area contributed by atoms with Gasteiger partial charge in [0, 0.05) is 19.3 Å². The minimum Gasteiger partial charge on any atom is -0.469 e. The first-order chi connectivity index (χ1) is 8.31. The molecule has 0 atom stereocenters. The second-order valence-electron chi connectivity index (χ2n) is 4.30. The molecule has 0 spiro atoms. The Morgan fingerprint density at radius 3 is 2.18 bits per heavy atom. The van der Waals surface area contributed by atoms with E-state index < -0.39 is 0 Å². The van der Waals surface area contributed by atoms with Crippen molar-refractivity contribution in [2.75, 3.05) is 7.11 Å². The molecule has 2 heteroatoms. The van der Waals surface area contributed by atoms with Gasteiger partial charge in [-0.25, -0.2) is 0 Å². The van der Waals surface area contributed by atoms with Crippen LogP contribution in [0.2, 0.25) is 0 Å². The Labute approximate surface area is 106 Å². The van der Waals surface area contributed by atoms with Crippen molar-refractivity contribution in [2.24, 2.45) is 0 Å². The van der Waals surface area contributed by atoms with Crippen molar-refractivity contribution in [1.82, 2.24) is 0 Å². The molecule has 98 valence electrons. The van der Waals surface area contributed by atoms with Crippen molar-refractivity contribution >= 4 is 5.97 Å². The average molecular weight is 238 g/mol. The van der Waals surface area contributed by atoms with E-state index in [1.165, 1.54) is 39.2 Å². The Balaban J connectivity index is 3.12. The number of unbranched alkanes of at least 4 members (excludes halogenated alkanes) is 7. The van der Waals surface area contributed by atoms with E-state index >= 15 is 0 Å². The summed E-state index contributed by atoms with van der Waals surface area (Å²) in [7, 11) is 1.44. The quantitative estimate of drug-likeness (QED) is 0.343. The smallest absolute Gasteiger partial charge is 0.305 e. The highest BCUT2D eigenvalue weighted by Crippen LogP contribution is 2.07. The molecule has 0 aromatic rings. The number of ether oxygens (including phenoxy) is 1. The summed E-state index contributed by atoms with van der Waals surface area (Å²) < 4.78 is 4.58. The second kappa shape index (κ2) is 13.1. The van der Waals surface area contributed by atoms with Crippen LogP contribution in [0.25, 0.3) is 0 Å².